The monoisotopic (exact) mass is 460 g/mol. The third-order valence-corrected chi connectivity index (χ3v) is 5.81. The minimum atomic E-state index is -0.456. The second kappa shape index (κ2) is 9.44. The number of para-hydroxylation sites is 1. The average Bonchev–Trinajstić information content (AvgIpc) is 3.50. The zero-order chi connectivity index (χ0) is 23.5. The van der Waals surface area contributed by atoms with Crippen molar-refractivity contribution in [2.45, 2.75) is 25.4 Å². The first-order chi connectivity index (χ1) is 16.6. The highest BCUT2D eigenvalue weighted by Gasteiger charge is 2.23. The Hall–Kier alpha value is -4.05. The first-order valence-electron chi connectivity index (χ1n) is 11.1. The SMILES string of the molecule is N[C@@H]1CCCN(c2c(F)cccc2NC(=O)c2ncc(-c3cnn(Cc4cccnc4)c3)[nH]2)C1. The molecule has 0 radical (unpaired) electrons. The normalized spacial score (nSPS) is 15.9. The number of carbonyl (C=O) groups is 1. The topological polar surface area (TPSA) is 118 Å². The fraction of sp³-hybridized carbons (Fsp3) is 0.250. The maximum Gasteiger partial charge on any atom is 0.291 e. The molecule has 0 saturated carbocycles. The molecule has 34 heavy (non-hydrogen) atoms. The van der Waals surface area contributed by atoms with Crippen molar-refractivity contribution >= 4 is 17.3 Å². The van der Waals surface area contributed by atoms with E-state index in [4.69, 9.17) is 5.73 Å². The standard InChI is InChI=1S/C24H25FN8O/c25-19-6-1-7-20(22(19)32-9-3-5-18(26)15-32)31-24(34)23-28-12-21(30-23)17-11-29-33(14-17)13-16-4-2-8-27-10-16/h1-2,4,6-8,10-12,14,18H,3,5,9,13,15,26H2,(H,28,30)(H,31,34)/t18-/m1/s1. The summed E-state index contributed by atoms with van der Waals surface area (Å²) in [6, 6.07) is 8.47. The molecule has 4 heterocycles. The Morgan fingerprint density at radius 1 is 1.24 bits per heavy atom. The van der Waals surface area contributed by atoms with Crippen molar-refractivity contribution in [1.29, 1.82) is 0 Å². The van der Waals surface area contributed by atoms with Gasteiger partial charge in [-0.25, -0.2) is 9.37 Å². The summed E-state index contributed by atoms with van der Waals surface area (Å²) in [5.41, 5.74) is 9.31. The van der Waals surface area contributed by atoms with Crippen LogP contribution in [0, 0.1) is 5.82 Å². The highest BCUT2D eigenvalue weighted by Crippen LogP contribution is 2.31. The highest BCUT2D eigenvalue weighted by molar-refractivity contribution is 6.04. The first-order valence-corrected chi connectivity index (χ1v) is 11.1. The first kappa shape index (κ1) is 21.8. The molecule has 1 saturated heterocycles. The van der Waals surface area contributed by atoms with Crippen LogP contribution < -0.4 is 16.0 Å². The molecule has 1 aliphatic rings. The Morgan fingerprint density at radius 3 is 2.97 bits per heavy atom. The number of benzene rings is 1. The van der Waals surface area contributed by atoms with Gasteiger partial charge in [0.2, 0.25) is 0 Å². The summed E-state index contributed by atoms with van der Waals surface area (Å²) >= 11 is 0. The van der Waals surface area contributed by atoms with Crippen molar-refractivity contribution in [3.63, 3.8) is 0 Å². The number of aromatic amines is 1. The molecule has 4 aromatic rings. The number of aromatic nitrogens is 5. The van der Waals surface area contributed by atoms with E-state index in [1.165, 1.54) is 6.07 Å². The van der Waals surface area contributed by atoms with E-state index < -0.39 is 11.7 Å². The Balaban J connectivity index is 1.31. The van der Waals surface area contributed by atoms with Gasteiger partial charge in [-0.2, -0.15) is 5.10 Å². The van der Waals surface area contributed by atoms with Crippen LogP contribution in [0.4, 0.5) is 15.8 Å². The molecule has 5 rings (SSSR count). The van der Waals surface area contributed by atoms with Gasteiger partial charge in [-0.3, -0.25) is 14.5 Å². The van der Waals surface area contributed by atoms with Crippen LogP contribution in [0.3, 0.4) is 0 Å². The smallest absolute Gasteiger partial charge is 0.291 e. The maximum atomic E-state index is 14.7. The van der Waals surface area contributed by atoms with Crippen LogP contribution in [0.1, 0.15) is 29.0 Å². The van der Waals surface area contributed by atoms with Crippen molar-refractivity contribution in [1.82, 2.24) is 24.7 Å². The number of carbonyl (C=O) groups excluding carboxylic acids is 1. The number of halogens is 1. The van der Waals surface area contributed by atoms with Gasteiger partial charge in [0.25, 0.3) is 5.91 Å². The molecule has 1 aliphatic heterocycles. The van der Waals surface area contributed by atoms with E-state index in [0.717, 1.165) is 24.0 Å². The lowest BCUT2D eigenvalue weighted by molar-refractivity contribution is 0.101. The summed E-state index contributed by atoms with van der Waals surface area (Å²) in [4.78, 5) is 26.2. The Labute approximate surface area is 195 Å². The van der Waals surface area contributed by atoms with Gasteiger partial charge >= 0.3 is 0 Å². The lowest BCUT2D eigenvalue weighted by Gasteiger charge is -2.34. The molecule has 1 aromatic carbocycles. The third-order valence-electron chi connectivity index (χ3n) is 5.81. The lowest BCUT2D eigenvalue weighted by atomic mass is 10.1. The van der Waals surface area contributed by atoms with Crippen LogP contribution in [0.5, 0.6) is 0 Å². The highest BCUT2D eigenvalue weighted by atomic mass is 19.1. The number of H-pyrrole nitrogens is 1. The van der Waals surface area contributed by atoms with Gasteiger partial charge in [-0.15, -0.1) is 0 Å². The number of anilines is 2. The summed E-state index contributed by atoms with van der Waals surface area (Å²) in [5.74, 6) is -0.726. The molecule has 0 spiro atoms. The van der Waals surface area contributed by atoms with E-state index in [2.05, 4.69) is 25.4 Å². The van der Waals surface area contributed by atoms with Gasteiger partial charge in [-0.05, 0) is 36.6 Å². The van der Waals surface area contributed by atoms with Crippen LogP contribution in [-0.4, -0.2) is 49.8 Å². The predicted molar refractivity (Wildman–Crippen MR) is 127 cm³/mol. The lowest BCUT2D eigenvalue weighted by Crippen LogP contribution is -2.43. The molecule has 0 aliphatic carbocycles. The maximum absolute atomic E-state index is 14.7. The van der Waals surface area contributed by atoms with Crippen molar-refractivity contribution in [2.24, 2.45) is 5.73 Å². The second-order valence-corrected chi connectivity index (χ2v) is 8.37. The van der Waals surface area contributed by atoms with Crippen molar-refractivity contribution < 1.29 is 9.18 Å². The van der Waals surface area contributed by atoms with Crippen LogP contribution in [0.15, 0.2) is 61.3 Å². The molecule has 10 heteroatoms. The minimum Gasteiger partial charge on any atom is -0.366 e. The fourth-order valence-electron chi connectivity index (χ4n) is 4.18. The van der Waals surface area contributed by atoms with Gasteiger partial charge in [0, 0.05) is 43.3 Å². The van der Waals surface area contributed by atoms with E-state index in [-0.39, 0.29) is 11.9 Å². The molecule has 1 fully saturated rings. The van der Waals surface area contributed by atoms with Gasteiger partial charge in [0.1, 0.15) is 5.82 Å². The van der Waals surface area contributed by atoms with Crippen LogP contribution in [-0.2, 0) is 6.54 Å². The largest absolute Gasteiger partial charge is 0.366 e. The van der Waals surface area contributed by atoms with E-state index in [0.29, 0.717) is 36.7 Å². The molecule has 3 aromatic heterocycles. The Morgan fingerprint density at radius 2 is 2.15 bits per heavy atom. The van der Waals surface area contributed by atoms with Crippen LogP contribution in [0.25, 0.3) is 11.3 Å². The summed E-state index contributed by atoms with van der Waals surface area (Å²) < 4.78 is 16.5. The van der Waals surface area contributed by atoms with Gasteiger partial charge in [0.05, 0.1) is 36.0 Å². The van der Waals surface area contributed by atoms with Crippen LogP contribution in [0.2, 0.25) is 0 Å². The Bertz CT molecular complexity index is 1290. The zero-order valence-electron chi connectivity index (χ0n) is 18.5. The molecule has 1 atom stereocenters. The van der Waals surface area contributed by atoms with Gasteiger partial charge in [-0.1, -0.05) is 12.1 Å². The van der Waals surface area contributed by atoms with E-state index in [1.54, 1.807) is 41.6 Å². The summed E-state index contributed by atoms with van der Waals surface area (Å²) in [6.07, 6.45) is 10.4. The van der Waals surface area contributed by atoms with E-state index in [9.17, 15) is 9.18 Å². The summed E-state index contributed by atoms with van der Waals surface area (Å²) in [5, 5.41) is 7.17. The molecule has 0 bridgehead atoms. The number of hydrogen-bond acceptors (Lipinski definition) is 6. The number of hydrogen-bond donors (Lipinski definition) is 3. The third kappa shape index (κ3) is 4.67. The number of nitrogens with zero attached hydrogens (tertiary/aromatic N) is 5. The van der Waals surface area contributed by atoms with Crippen molar-refractivity contribution in [3.8, 4) is 11.3 Å². The minimum absolute atomic E-state index is 0.0244. The number of piperidine rings is 1. The molecule has 174 valence electrons. The van der Waals surface area contributed by atoms with E-state index >= 15 is 0 Å². The summed E-state index contributed by atoms with van der Waals surface area (Å²) in [6.45, 7) is 1.81. The average molecular weight is 461 g/mol. The Kier molecular flexibility index (Phi) is 6.05. The van der Waals surface area contributed by atoms with Crippen molar-refractivity contribution in [3.05, 3.63) is 78.5 Å². The number of pyridine rings is 1. The zero-order valence-corrected chi connectivity index (χ0v) is 18.5. The quantitative estimate of drug-likeness (QED) is 0.407. The number of nitrogens with one attached hydrogen (secondary N) is 2. The molecular weight excluding hydrogens is 435 g/mol. The molecule has 9 nitrogen and oxygen atoms in total. The molecular formula is C24H25FN8O. The number of imidazole rings is 1. The predicted octanol–water partition coefficient (Wildman–Crippen LogP) is 3.04. The van der Waals surface area contributed by atoms with Gasteiger partial charge in [0.15, 0.2) is 5.82 Å². The van der Waals surface area contributed by atoms with E-state index in [1.807, 2.05) is 23.2 Å². The molecule has 4 N–H and O–H groups in total. The molecule has 0 unspecified atom stereocenters. The van der Waals surface area contributed by atoms with Crippen LogP contribution >= 0.6 is 0 Å². The van der Waals surface area contributed by atoms with Crippen molar-refractivity contribution in [2.75, 3.05) is 23.3 Å². The second-order valence-electron chi connectivity index (χ2n) is 8.37. The number of nitrogens with two attached hydrogens (primary N) is 1. The van der Waals surface area contributed by atoms with Gasteiger partial charge < -0.3 is 20.9 Å². The summed E-state index contributed by atoms with van der Waals surface area (Å²) in [7, 11) is 0. The molecule has 1 amide bonds. The number of amides is 1. The number of rotatable bonds is 6. The fourth-order valence-corrected chi connectivity index (χ4v) is 4.18.